The van der Waals surface area contributed by atoms with Crippen molar-refractivity contribution in [3.63, 3.8) is 0 Å². The van der Waals surface area contributed by atoms with E-state index in [9.17, 15) is 14.0 Å². The van der Waals surface area contributed by atoms with Gasteiger partial charge in [-0.2, -0.15) is 0 Å². The van der Waals surface area contributed by atoms with Gasteiger partial charge in [-0.15, -0.1) is 0 Å². The highest BCUT2D eigenvalue weighted by molar-refractivity contribution is 9.11. The van der Waals surface area contributed by atoms with Gasteiger partial charge in [0.05, 0.1) is 26.4 Å². The summed E-state index contributed by atoms with van der Waals surface area (Å²) in [6.07, 6.45) is 0.498. The van der Waals surface area contributed by atoms with Crippen LogP contribution in [0.25, 0.3) is 0 Å². The number of benzene rings is 2. The molecule has 2 aromatic rings. The summed E-state index contributed by atoms with van der Waals surface area (Å²) in [6, 6.07) is 5.20. The predicted octanol–water partition coefficient (Wildman–Crippen LogP) is 4.85. The Morgan fingerprint density at radius 1 is 1.30 bits per heavy atom. The summed E-state index contributed by atoms with van der Waals surface area (Å²) in [5.74, 6) is -1.05. The minimum atomic E-state index is -0.567. The van der Waals surface area contributed by atoms with Crippen molar-refractivity contribution in [3.05, 3.63) is 55.2 Å². The van der Waals surface area contributed by atoms with E-state index in [4.69, 9.17) is 11.6 Å². The van der Waals surface area contributed by atoms with Gasteiger partial charge in [0.2, 0.25) is 6.41 Å². The fourth-order valence-electron chi connectivity index (χ4n) is 2.03. The lowest BCUT2D eigenvalue weighted by molar-refractivity contribution is -0.105. The highest BCUT2D eigenvalue weighted by Crippen LogP contribution is 2.40. The molecule has 0 aliphatic rings. The van der Waals surface area contributed by atoms with Crippen molar-refractivity contribution in [1.29, 1.82) is 0 Å². The molecule has 0 saturated heterocycles. The zero-order chi connectivity index (χ0) is 17.1. The van der Waals surface area contributed by atoms with Crippen LogP contribution in [0.5, 0.6) is 0 Å². The first-order chi connectivity index (χ1) is 10.9. The number of hydrogen-bond acceptors (Lipinski definition) is 3. The molecule has 0 saturated carbocycles. The lowest BCUT2D eigenvalue weighted by Gasteiger charge is -2.16. The van der Waals surface area contributed by atoms with E-state index >= 15 is 0 Å². The van der Waals surface area contributed by atoms with Gasteiger partial charge < -0.3 is 10.6 Å². The third-order valence-corrected chi connectivity index (χ3v) is 4.84. The molecular formula is C15H10Br2ClFN2O2. The molecule has 0 radical (unpaired) electrons. The van der Waals surface area contributed by atoms with Gasteiger partial charge in [-0.25, -0.2) is 4.39 Å². The number of carbonyl (C=O) groups excluding carboxylic acids is 2. The quantitative estimate of drug-likeness (QED) is 0.492. The molecule has 1 amide bonds. The van der Waals surface area contributed by atoms with Crippen LogP contribution in [-0.4, -0.2) is 19.2 Å². The smallest absolute Gasteiger partial charge is 0.211 e. The van der Waals surface area contributed by atoms with E-state index in [0.717, 1.165) is 6.07 Å². The van der Waals surface area contributed by atoms with Crippen molar-refractivity contribution < 1.29 is 14.0 Å². The number of hydrogen-bond donors (Lipinski definition) is 2. The number of amides is 1. The largest absolute Gasteiger partial charge is 0.386 e. The second-order valence-corrected chi connectivity index (χ2v) is 6.49. The van der Waals surface area contributed by atoms with Gasteiger partial charge in [0.15, 0.2) is 5.78 Å². The fourth-order valence-corrected chi connectivity index (χ4v) is 3.83. The Labute approximate surface area is 153 Å². The maximum absolute atomic E-state index is 13.4. The normalized spacial score (nSPS) is 10.3. The van der Waals surface area contributed by atoms with Crippen molar-refractivity contribution in [2.45, 2.75) is 0 Å². The van der Waals surface area contributed by atoms with E-state index in [1.165, 1.54) is 12.1 Å². The molecule has 0 aliphatic carbocycles. The van der Waals surface area contributed by atoms with Gasteiger partial charge in [-0.1, -0.05) is 11.6 Å². The first kappa shape index (κ1) is 17.9. The molecule has 23 heavy (non-hydrogen) atoms. The third-order valence-electron chi connectivity index (χ3n) is 3.09. The topological polar surface area (TPSA) is 58.2 Å². The first-order valence-electron chi connectivity index (χ1n) is 6.30. The van der Waals surface area contributed by atoms with E-state index in [2.05, 4.69) is 42.5 Å². The number of halogens is 4. The maximum atomic E-state index is 13.4. The lowest BCUT2D eigenvalue weighted by atomic mass is 10.0. The molecule has 0 heterocycles. The monoisotopic (exact) mass is 462 g/mol. The highest BCUT2D eigenvalue weighted by Gasteiger charge is 2.23. The average Bonchev–Trinajstić information content (AvgIpc) is 2.52. The Bertz CT molecular complexity index is 800. The molecule has 0 aromatic heterocycles. The number of rotatable bonds is 5. The van der Waals surface area contributed by atoms with Gasteiger partial charge in [-0.3, -0.25) is 9.59 Å². The Morgan fingerprint density at radius 2 is 2.00 bits per heavy atom. The zero-order valence-corrected chi connectivity index (χ0v) is 15.6. The summed E-state index contributed by atoms with van der Waals surface area (Å²) in [6.45, 7) is 0. The standard InChI is InChI=1S/C15H10Br2ClFN2O2/c1-20-11-5-9(16)12(13(17)14(11)21-6-22)15(23)8-4-7(19)2-3-10(8)18/h2-6,20H,1H3,(H,21,22). The minimum Gasteiger partial charge on any atom is -0.386 e. The summed E-state index contributed by atoms with van der Waals surface area (Å²) in [5, 5.41) is 5.57. The zero-order valence-electron chi connectivity index (χ0n) is 11.7. The Hall–Kier alpha value is -1.44. The molecule has 0 bridgehead atoms. The number of ketones is 1. The minimum absolute atomic E-state index is 0.0299. The molecule has 4 nitrogen and oxygen atoms in total. The molecule has 2 aromatic carbocycles. The molecule has 8 heteroatoms. The number of anilines is 2. The van der Waals surface area contributed by atoms with Crippen LogP contribution in [0.4, 0.5) is 15.8 Å². The van der Waals surface area contributed by atoms with Crippen molar-refractivity contribution in [2.24, 2.45) is 0 Å². The molecule has 2 N–H and O–H groups in total. The van der Waals surface area contributed by atoms with Crippen LogP contribution in [0, 0.1) is 5.82 Å². The molecule has 0 aliphatic heterocycles. The van der Waals surface area contributed by atoms with E-state index in [0.29, 0.717) is 26.7 Å². The molecule has 120 valence electrons. The van der Waals surface area contributed by atoms with Crippen LogP contribution < -0.4 is 10.6 Å². The number of nitrogens with one attached hydrogen (secondary N) is 2. The van der Waals surface area contributed by atoms with Crippen molar-refractivity contribution >= 4 is 67.0 Å². The summed E-state index contributed by atoms with van der Waals surface area (Å²) in [7, 11) is 1.68. The van der Waals surface area contributed by atoms with E-state index < -0.39 is 11.6 Å². The first-order valence-corrected chi connectivity index (χ1v) is 8.26. The fraction of sp³-hybridized carbons (Fsp3) is 0.0667. The molecule has 2 rings (SSSR count). The number of carbonyl (C=O) groups is 2. The van der Waals surface area contributed by atoms with E-state index in [1.54, 1.807) is 13.1 Å². The van der Waals surface area contributed by atoms with Crippen molar-refractivity contribution in [3.8, 4) is 0 Å². The van der Waals surface area contributed by atoms with Crippen LogP contribution >= 0.6 is 43.5 Å². The Balaban J connectivity index is 2.67. The molecular weight excluding hydrogens is 454 g/mol. The van der Waals surface area contributed by atoms with Gasteiger partial charge in [0.25, 0.3) is 0 Å². The molecule has 0 atom stereocenters. The molecule has 0 unspecified atom stereocenters. The van der Waals surface area contributed by atoms with Crippen LogP contribution in [0.15, 0.2) is 33.2 Å². The molecule has 0 fully saturated rings. The highest BCUT2D eigenvalue weighted by atomic mass is 79.9. The van der Waals surface area contributed by atoms with Gasteiger partial charge in [0, 0.05) is 17.1 Å². The van der Waals surface area contributed by atoms with Crippen molar-refractivity contribution in [2.75, 3.05) is 17.7 Å². The summed E-state index contributed by atoms with van der Waals surface area (Å²) < 4.78 is 14.3. The Morgan fingerprint density at radius 3 is 2.61 bits per heavy atom. The van der Waals surface area contributed by atoms with Crippen LogP contribution in [0.2, 0.25) is 5.02 Å². The predicted molar refractivity (Wildman–Crippen MR) is 95.9 cm³/mol. The molecule has 0 spiro atoms. The van der Waals surface area contributed by atoms with Gasteiger partial charge in [0.1, 0.15) is 5.82 Å². The SMILES string of the molecule is CNc1cc(Br)c(C(=O)c2cc(F)ccc2Cl)c(Br)c1NC=O. The van der Waals surface area contributed by atoms with Crippen LogP contribution in [0.1, 0.15) is 15.9 Å². The second-order valence-electron chi connectivity index (χ2n) is 4.44. The van der Waals surface area contributed by atoms with E-state index in [-0.39, 0.29) is 16.1 Å². The summed E-state index contributed by atoms with van der Waals surface area (Å²) >= 11 is 12.6. The van der Waals surface area contributed by atoms with E-state index in [1.807, 2.05) is 0 Å². The van der Waals surface area contributed by atoms with Crippen LogP contribution in [-0.2, 0) is 4.79 Å². The van der Waals surface area contributed by atoms with Gasteiger partial charge >= 0.3 is 0 Å². The summed E-state index contributed by atoms with van der Waals surface area (Å²) in [5.41, 5.74) is 1.24. The maximum Gasteiger partial charge on any atom is 0.211 e. The van der Waals surface area contributed by atoms with Gasteiger partial charge in [-0.05, 0) is 56.1 Å². The third kappa shape index (κ3) is 3.57. The Kier molecular flexibility index (Phi) is 5.78. The average molecular weight is 465 g/mol. The van der Waals surface area contributed by atoms with Crippen molar-refractivity contribution in [1.82, 2.24) is 0 Å². The van der Waals surface area contributed by atoms with Crippen LogP contribution in [0.3, 0.4) is 0 Å². The lowest BCUT2D eigenvalue weighted by Crippen LogP contribution is -2.09. The summed E-state index contributed by atoms with van der Waals surface area (Å²) in [4.78, 5) is 23.6. The second kappa shape index (κ2) is 7.42.